The Bertz CT molecular complexity index is 665. The fourth-order valence-corrected chi connectivity index (χ4v) is 2.10. The lowest BCUT2D eigenvalue weighted by Gasteiger charge is -2.24. The first-order valence-electron chi connectivity index (χ1n) is 7.91. The molecule has 0 atom stereocenters. The van der Waals surface area contributed by atoms with Gasteiger partial charge in [-0.2, -0.15) is 4.98 Å². The zero-order chi connectivity index (χ0) is 17.6. The van der Waals surface area contributed by atoms with Crippen LogP contribution in [0.4, 0.5) is 0 Å². The van der Waals surface area contributed by atoms with Crippen LogP contribution in [0.3, 0.4) is 0 Å². The van der Waals surface area contributed by atoms with Crippen LogP contribution in [0.15, 0.2) is 28.8 Å². The molecule has 0 aliphatic heterocycles. The Balaban J connectivity index is 1.84. The monoisotopic (exact) mass is 332 g/mol. The lowest BCUT2D eigenvalue weighted by molar-refractivity contribution is -0.122. The summed E-state index contributed by atoms with van der Waals surface area (Å²) in [4.78, 5) is 16.2. The molecular weight excluding hydrogens is 308 g/mol. The topological polar surface area (TPSA) is 103 Å². The SMILES string of the molecule is COc1ccc(-c2noc(CCCC(=O)NC(C)(C)CN)n2)cc1. The van der Waals surface area contributed by atoms with Crippen molar-refractivity contribution in [3.63, 3.8) is 0 Å². The molecule has 1 aromatic carbocycles. The Hall–Kier alpha value is -2.41. The minimum Gasteiger partial charge on any atom is -0.497 e. The van der Waals surface area contributed by atoms with Gasteiger partial charge in [-0.25, -0.2) is 0 Å². The molecule has 0 unspecified atom stereocenters. The van der Waals surface area contributed by atoms with Gasteiger partial charge in [0.05, 0.1) is 7.11 Å². The fourth-order valence-electron chi connectivity index (χ4n) is 2.10. The average Bonchev–Trinajstić information content (AvgIpc) is 3.03. The molecule has 1 amide bonds. The van der Waals surface area contributed by atoms with E-state index in [9.17, 15) is 4.79 Å². The van der Waals surface area contributed by atoms with Crippen molar-refractivity contribution in [1.29, 1.82) is 0 Å². The van der Waals surface area contributed by atoms with Crippen LogP contribution >= 0.6 is 0 Å². The highest BCUT2D eigenvalue weighted by atomic mass is 16.5. The van der Waals surface area contributed by atoms with E-state index in [1.165, 1.54) is 0 Å². The van der Waals surface area contributed by atoms with Crippen molar-refractivity contribution in [3.05, 3.63) is 30.2 Å². The van der Waals surface area contributed by atoms with Crippen LogP contribution in [0.5, 0.6) is 5.75 Å². The first kappa shape index (κ1) is 17.9. The number of nitrogens with two attached hydrogens (primary N) is 1. The Kier molecular flexibility index (Phi) is 5.92. The number of nitrogens with one attached hydrogen (secondary N) is 1. The number of aromatic nitrogens is 2. The molecule has 0 aliphatic carbocycles. The van der Waals surface area contributed by atoms with Crippen molar-refractivity contribution in [2.75, 3.05) is 13.7 Å². The van der Waals surface area contributed by atoms with Crippen molar-refractivity contribution in [2.45, 2.75) is 38.6 Å². The lowest BCUT2D eigenvalue weighted by Crippen LogP contribution is -2.48. The molecule has 0 saturated carbocycles. The van der Waals surface area contributed by atoms with Crippen LogP contribution in [0.1, 0.15) is 32.6 Å². The van der Waals surface area contributed by atoms with Gasteiger partial charge >= 0.3 is 0 Å². The van der Waals surface area contributed by atoms with Crippen molar-refractivity contribution in [1.82, 2.24) is 15.5 Å². The maximum atomic E-state index is 11.8. The third kappa shape index (κ3) is 5.06. The zero-order valence-electron chi connectivity index (χ0n) is 14.3. The predicted octanol–water partition coefficient (Wildman–Crippen LogP) is 1.92. The van der Waals surface area contributed by atoms with Gasteiger partial charge in [-0.05, 0) is 44.5 Å². The number of rotatable bonds is 8. The largest absolute Gasteiger partial charge is 0.497 e. The summed E-state index contributed by atoms with van der Waals surface area (Å²) in [6.07, 6.45) is 1.58. The standard InChI is InChI=1S/C17H24N4O3/c1-17(2,11-18)20-14(22)5-4-6-15-19-16(21-24-15)12-7-9-13(23-3)10-8-12/h7-10H,4-6,11,18H2,1-3H3,(H,20,22). The van der Waals surface area contributed by atoms with E-state index >= 15 is 0 Å². The molecule has 7 nitrogen and oxygen atoms in total. The van der Waals surface area contributed by atoms with Gasteiger partial charge in [-0.3, -0.25) is 4.79 Å². The molecule has 0 spiro atoms. The predicted molar refractivity (Wildman–Crippen MR) is 90.5 cm³/mol. The highest BCUT2D eigenvalue weighted by Crippen LogP contribution is 2.20. The third-order valence-corrected chi connectivity index (χ3v) is 3.60. The van der Waals surface area contributed by atoms with Crippen molar-refractivity contribution in [2.24, 2.45) is 5.73 Å². The molecule has 0 radical (unpaired) electrons. The molecule has 2 rings (SSSR count). The van der Waals surface area contributed by atoms with Crippen molar-refractivity contribution in [3.8, 4) is 17.1 Å². The highest BCUT2D eigenvalue weighted by molar-refractivity contribution is 5.76. The quantitative estimate of drug-likeness (QED) is 0.765. The van der Waals surface area contributed by atoms with Crippen molar-refractivity contribution >= 4 is 5.91 Å². The third-order valence-electron chi connectivity index (χ3n) is 3.60. The highest BCUT2D eigenvalue weighted by Gasteiger charge is 2.18. The summed E-state index contributed by atoms with van der Waals surface area (Å²) in [6.45, 7) is 4.18. The molecule has 0 bridgehead atoms. The number of benzene rings is 1. The summed E-state index contributed by atoms with van der Waals surface area (Å²) in [5.74, 6) is 1.79. The summed E-state index contributed by atoms with van der Waals surface area (Å²) in [5.41, 5.74) is 6.06. The first-order valence-corrected chi connectivity index (χ1v) is 7.91. The Labute approximate surface area is 141 Å². The van der Waals surface area contributed by atoms with E-state index < -0.39 is 0 Å². The van der Waals surface area contributed by atoms with Crippen LogP contribution in [0.2, 0.25) is 0 Å². The first-order chi connectivity index (χ1) is 11.4. The summed E-state index contributed by atoms with van der Waals surface area (Å²) in [7, 11) is 1.62. The number of aryl methyl sites for hydroxylation is 1. The Morgan fingerprint density at radius 3 is 2.67 bits per heavy atom. The van der Waals surface area contributed by atoms with E-state index in [-0.39, 0.29) is 11.4 Å². The number of carbonyl (C=O) groups excluding carboxylic acids is 1. The molecule has 3 N–H and O–H groups in total. The molecule has 1 aromatic heterocycles. The molecule has 0 aliphatic rings. The molecule has 130 valence electrons. The van der Waals surface area contributed by atoms with E-state index in [0.29, 0.717) is 37.5 Å². The van der Waals surface area contributed by atoms with Gasteiger partial charge < -0.3 is 20.3 Å². The van der Waals surface area contributed by atoms with Gasteiger partial charge in [-0.15, -0.1) is 0 Å². The summed E-state index contributed by atoms with van der Waals surface area (Å²) >= 11 is 0. The fraction of sp³-hybridized carbons (Fsp3) is 0.471. The molecule has 1 heterocycles. The van der Waals surface area contributed by atoms with E-state index in [1.807, 2.05) is 38.1 Å². The summed E-state index contributed by atoms with van der Waals surface area (Å²) in [5, 5.41) is 6.86. The van der Waals surface area contributed by atoms with Crippen LogP contribution in [-0.4, -0.2) is 35.2 Å². The second-order valence-electron chi connectivity index (χ2n) is 6.23. The second-order valence-corrected chi connectivity index (χ2v) is 6.23. The number of hydrogen-bond donors (Lipinski definition) is 2. The molecule has 0 saturated heterocycles. The Morgan fingerprint density at radius 1 is 1.33 bits per heavy atom. The summed E-state index contributed by atoms with van der Waals surface area (Å²) in [6, 6.07) is 7.43. The summed E-state index contributed by atoms with van der Waals surface area (Å²) < 4.78 is 10.4. The number of nitrogens with zero attached hydrogens (tertiary/aromatic N) is 2. The van der Waals surface area contributed by atoms with Crippen LogP contribution in [0.25, 0.3) is 11.4 Å². The van der Waals surface area contributed by atoms with Gasteiger partial charge in [-0.1, -0.05) is 5.16 Å². The molecule has 24 heavy (non-hydrogen) atoms. The van der Waals surface area contributed by atoms with Crippen LogP contribution in [0, 0.1) is 0 Å². The molecular formula is C17H24N4O3. The minimum atomic E-state index is -0.386. The lowest BCUT2D eigenvalue weighted by atomic mass is 10.1. The van der Waals surface area contributed by atoms with Crippen LogP contribution in [-0.2, 0) is 11.2 Å². The minimum absolute atomic E-state index is 0.0275. The van der Waals surface area contributed by atoms with E-state index in [2.05, 4.69) is 15.5 Å². The van der Waals surface area contributed by atoms with Gasteiger partial charge in [0.25, 0.3) is 0 Å². The number of hydrogen-bond acceptors (Lipinski definition) is 6. The number of carbonyl (C=O) groups is 1. The van der Waals surface area contributed by atoms with E-state index in [1.54, 1.807) is 7.11 Å². The second kappa shape index (κ2) is 7.92. The van der Waals surface area contributed by atoms with Gasteiger partial charge in [0.2, 0.25) is 17.6 Å². The maximum Gasteiger partial charge on any atom is 0.226 e. The van der Waals surface area contributed by atoms with Gasteiger partial charge in [0.1, 0.15) is 5.75 Å². The smallest absolute Gasteiger partial charge is 0.226 e. The number of ether oxygens (including phenoxy) is 1. The number of amides is 1. The molecule has 0 fully saturated rings. The maximum absolute atomic E-state index is 11.8. The zero-order valence-corrected chi connectivity index (χ0v) is 14.3. The van der Waals surface area contributed by atoms with Gasteiger partial charge in [0, 0.05) is 30.5 Å². The normalized spacial score (nSPS) is 11.3. The average molecular weight is 332 g/mol. The molecule has 7 heteroatoms. The van der Waals surface area contributed by atoms with E-state index in [4.69, 9.17) is 15.0 Å². The van der Waals surface area contributed by atoms with Gasteiger partial charge in [0.15, 0.2) is 0 Å². The van der Waals surface area contributed by atoms with Crippen LogP contribution < -0.4 is 15.8 Å². The van der Waals surface area contributed by atoms with Crippen molar-refractivity contribution < 1.29 is 14.1 Å². The number of methoxy groups -OCH3 is 1. The molecule has 2 aromatic rings. The Morgan fingerprint density at radius 2 is 2.04 bits per heavy atom. The van der Waals surface area contributed by atoms with E-state index in [0.717, 1.165) is 11.3 Å².